The van der Waals surface area contributed by atoms with Crippen molar-refractivity contribution < 1.29 is 14.6 Å². The zero-order valence-electron chi connectivity index (χ0n) is 9.37. The molecule has 4 heteroatoms. The number of hydrogen-bond acceptors (Lipinski definition) is 3. The van der Waals surface area contributed by atoms with Crippen LogP contribution in [0.15, 0.2) is 24.3 Å². The topological polar surface area (TPSA) is 46.5 Å². The summed E-state index contributed by atoms with van der Waals surface area (Å²) in [4.78, 5) is 11.3. The third-order valence-electron chi connectivity index (χ3n) is 2.63. The molecule has 0 spiro atoms. The summed E-state index contributed by atoms with van der Waals surface area (Å²) >= 11 is 5.88. The number of hydrogen-bond donors (Lipinski definition) is 1. The zero-order valence-corrected chi connectivity index (χ0v) is 10.1. The van der Waals surface area contributed by atoms with Crippen molar-refractivity contribution in [1.82, 2.24) is 0 Å². The fraction of sp³-hybridized carbons (Fsp3) is 0.417. The highest BCUT2D eigenvalue weighted by molar-refractivity contribution is 6.30. The number of aliphatic hydroxyl groups is 1. The fourth-order valence-electron chi connectivity index (χ4n) is 1.50. The molecule has 0 aliphatic carbocycles. The molecule has 0 amide bonds. The van der Waals surface area contributed by atoms with Gasteiger partial charge in [-0.15, -0.1) is 0 Å². The first-order chi connectivity index (χ1) is 7.51. The van der Waals surface area contributed by atoms with E-state index < -0.39 is 5.41 Å². The summed E-state index contributed by atoms with van der Waals surface area (Å²) in [7, 11) is 1.33. The number of esters is 1. The predicted octanol–water partition coefficient (Wildman–Crippen LogP) is 2.15. The molecule has 0 heterocycles. The van der Waals surface area contributed by atoms with Crippen molar-refractivity contribution in [3.8, 4) is 0 Å². The Hall–Kier alpha value is -1.06. The van der Waals surface area contributed by atoms with Crippen LogP contribution in [0, 0.1) is 0 Å². The van der Waals surface area contributed by atoms with Crippen LogP contribution in [0.1, 0.15) is 18.9 Å². The molecular weight excluding hydrogens is 228 g/mol. The minimum absolute atomic E-state index is 0.125. The van der Waals surface area contributed by atoms with Crippen molar-refractivity contribution in [2.24, 2.45) is 0 Å². The van der Waals surface area contributed by atoms with Gasteiger partial charge < -0.3 is 9.84 Å². The van der Waals surface area contributed by atoms with Crippen LogP contribution in [0.2, 0.25) is 5.02 Å². The molecule has 0 aliphatic heterocycles. The van der Waals surface area contributed by atoms with Crippen molar-refractivity contribution in [1.29, 1.82) is 0 Å². The number of halogens is 1. The Morgan fingerprint density at radius 1 is 1.56 bits per heavy atom. The van der Waals surface area contributed by atoms with Crippen LogP contribution in [0.25, 0.3) is 0 Å². The molecule has 1 rings (SSSR count). The first kappa shape index (κ1) is 13.0. The molecule has 0 aromatic heterocycles. The summed E-state index contributed by atoms with van der Waals surface area (Å²) < 4.78 is 4.62. The molecule has 0 radical (unpaired) electrons. The van der Waals surface area contributed by atoms with Crippen molar-refractivity contribution >= 4 is 17.6 Å². The van der Waals surface area contributed by atoms with Gasteiger partial charge in [-0.3, -0.25) is 4.79 Å². The van der Waals surface area contributed by atoms with E-state index in [1.165, 1.54) is 7.11 Å². The molecule has 1 N–H and O–H groups in total. The molecule has 0 fully saturated rings. The second-order valence-corrected chi connectivity index (χ2v) is 4.42. The van der Waals surface area contributed by atoms with Gasteiger partial charge in [0.25, 0.3) is 0 Å². The number of ether oxygens (including phenoxy) is 1. The first-order valence-electron chi connectivity index (χ1n) is 4.95. The van der Waals surface area contributed by atoms with Crippen LogP contribution in [-0.2, 0) is 14.9 Å². The lowest BCUT2D eigenvalue weighted by Crippen LogP contribution is -2.30. The van der Waals surface area contributed by atoms with Crippen LogP contribution in [0.5, 0.6) is 0 Å². The highest BCUT2D eigenvalue weighted by Gasteiger charge is 2.29. The Kier molecular flexibility index (Phi) is 4.33. The van der Waals surface area contributed by atoms with Crippen LogP contribution < -0.4 is 0 Å². The SMILES string of the molecule is COC(=O)CC(C)(CO)c1cccc(Cl)c1. The molecule has 0 bridgehead atoms. The lowest BCUT2D eigenvalue weighted by Gasteiger charge is -2.26. The van der Waals surface area contributed by atoms with Crippen molar-refractivity contribution in [2.45, 2.75) is 18.8 Å². The van der Waals surface area contributed by atoms with Gasteiger partial charge in [0.05, 0.1) is 20.1 Å². The Bertz CT molecular complexity index is 378. The van der Waals surface area contributed by atoms with Gasteiger partial charge in [0.15, 0.2) is 0 Å². The summed E-state index contributed by atoms with van der Waals surface area (Å²) in [6.07, 6.45) is 0.125. The summed E-state index contributed by atoms with van der Waals surface area (Å²) in [5.41, 5.74) is 0.172. The van der Waals surface area contributed by atoms with Gasteiger partial charge in [0, 0.05) is 10.4 Å². The van der Waals surface area contributed by atoms with E-state index in [-0.39, 0.29) is 19.0 Å². The Balaban J connectivity index is 2.99. The number of carbonyl (C=O) groups is 1. The lowest BCUT2D eigenvalue weighted by molar-refractivity contribution is -0.142. The third-order valence-corrected chi connectivity index (χ3v) is 2.87. The molecule has 3 nitrogen and oxygen atoms in total. The highest BCUT2D eigenvalue weighted by atomic mass is 35.5. The van der Waals surface area contributed by atoms with E-state index >= 15 is 0 Å². The Labute approximate surface area is 100.0 Å². The van der Waals surface area contributed by atoms with Gasteiger partial charge in [-0.1, -0.05) is 30.7 Å². The van der Waals surface area contributed by atoms with E-state index in [4.69, 9.17) is 11.6 Å². The summed E-state index contributed by atoms with van der Waals surface area (Å²) in [5.74, 6) is -0.350. The number of aliphatic hydroxyl groups excluding tert-OH is 1. The molecule has 1 aromatic carbocycles. The third kappa shape index (κ3) is 2.97. The van der Waals surface area contributed by atoms with Gasteiger partial charge >= 0.3 is 5.97 Å². The largest absolute Gasteiger partial charge is 0.469 e. The van der Waals surface area contributed by atoms with E-state index in [1.54, 1.807) is 25.1 Å². The second-order valence-electron chi connectivity index (χ2n) is 3.98. The quantitative estimate of drug-likeness (QED) is 0.823. The van der Waals surface area contributed by atoms with Gasteiger partial charge in [-0.25, -0.2) is 0 Å². The lowest BCUT2D eigenvalue weighted by atomic mass is 9.80. The van der Waals surface area contributed by atoms with E-state index in [2.05, 4.69) is 4.74 Å². The van der Waals surface area contributed by atoms with E-state index in [9.17, 15) is 9.90 Å². The second kappa shape index (κ2) is 5.32. The Morgan fingerprint density at radius 3 is 2.75 bits per heavy atom. The maximum Gasteiger partial charge on any atom is 0.306 e. The number of rotatable bonds is 4. The summed E-state index contributed by atoms with van der Waals surface area (Å²) in [5, 5.41) is 10.0. The van der Waals surface area contributed by atoms with E-state index in [1.807, 2.05) is 6.07 Å². The highest BCUT2D eigenvalue weighted by Crippen LogP contribution is 2.29. The molecule has 88 valence electrons. The molecule has 1 atom stereocenters. The first-order valence-corrected chi connectivity index (χ1v) is 5.33. The van der Waals surface area contributed by atoms with Crippen LogP contribution in [-0.4, -0.2) is 24.8 Å². The standard InChI is InChI=1S/C12H15ClO3/c1-12(8-14,7-11(15)16-2)9-4-3-5-10(13)6-9/h3-6,14H,7-8H2,1-2H3. The minimum atomic E-state index is -0.655. The molecule has 0 aliphatic rings. The number of carbonyl (C=O) groups excluding carboxylic acids is 1. The normalized spacial score (nSPS) is 14.2. The Morgan fingerprint density at radius 2 is 2.25 bits per heavy atom. The van der Waals surface area contributed by atoms with E-state index in [0.29, 0.717) is 5.02 Å². The average Bonchev–Trinajstić information content (AvgIpc) is 2.28. The number of methoxy groups -OCH3 is 1. The van der Waals surface area contributed by atoms with Gasteiger partial charge in [0.2, 0.25) is 0 Å². The van der Waals surface area contributed by atoms with Gasteiger partial charge in [-0.05, 0) is 17.7 Å². The van der Waals surface area contributed by atoms with Crippen molar-refractivity contribution in [3.05, 3.63) is 34.9 Å². The number of benzene rings is 1. The summed E-state index contributed by atoms with van der Waals surface area (Å²) in [6, 6.07) is 7.13. The zero-order chi connectivity index (χ0) is 12.2. The fourth-order valence-corrected chi connectivity index (χ4v) is 1.69. The van der Waals surface area contributed by atoms with E-state index in [0.717, 1.165) is 5.56 Å². The summed E-state index contributed by atoms with van der Waals surface area (Å²) in [6.45, 7) is 1.66. The molecule has 1 unspecified atom stereocenters. The maximum atomic E-state index is 11.3. The predicted molar refractivity (Wildman–Crippen MR) is 62.5 cm³/mol. The van der Waals surface area contributed by atoms with Gasteiger partial charge in [-0.2, -0.15) is 0 Å². The van der Waals surface area contributed by atoms with Crippen LogP contribution in [0.4, 0.5) is 0 Å². The molecular formula is C12H15ClO3. The molecule has 1 aromatic rings. The van der Waals surface area contributed by atoms with Crippen LogP contribution >= 0.6 is 11.6 Å². The molecule has 0 saturated carbocycles. The van der Waals surface area contributed by atoms with Gasteiger partial charge in [0.1, 0.15) is 0 Å². The van der Waals surface area contributed by atoms with Crippen molar-refractivity contribution in [2.75, 3.05) is 13.7 Å². The average molecular weight is 243 g/mol. The molecule has 0 saturated heterocycles. The molecule has 16 heavy (non-hydrogen) atoms. The van der Waals surface area contributed by atoms with Crippen LogP contribution in [0.3, 0.4) is 0 Å². The minimum Gasteiger partial charge on any atom is -0.469 e. The van der Waals surface area contributed by atoms with Crippen molar-refractivity contribution in [3.63, 3.8) is 0 Å². The maximum absolute atomic E-state index is 11.3. The smallest absolute Gasteiger partial charge is 0.306 e. The monoisotopic (exact) mass is 242 g/mol.